The number of methoxy groups -OCH3 is 1. The second-order valence-corrected chi connectivity index (χ2v) is 4.13. The average Bonchev–Trinajstić information content (AvgIpc) is 2.88. The van der Waals surface area contributed by atoms with Gasteiger partial charge in [0, 0.05) is 12.6 Å². The molecule has 0 aliphatic rings. The molecule has 1 aromatic heterocycles. The predicted molar refractivity (Wildman–Crippen MR) is 69.9 cm³/mol. The van der Waals surface area contributed by atoms with E-state index in [1.165, 1.54) is 10.7 Å². The third-order valence-corrected chi connectivity index (χ3v) is 2.73. The Kier molecular flexibility index (Phi) is 4.46. The van der Waals surface area contributed by atoms with Gasteiger partial charge in [-0.15, -0.1) is 5.10 Å². The fraction of sp³-hybridized carbons (Fsp3) is 0.385. The highest BCUT2D eigenvalue weighted by Gasteiger charge is 2.11. The van der Waals surface area contributed by atoms with E-state index in [-0.39, 0.29) is 5.82 Å². The Morgan fingerprint density at radius 3 is 3.00 bits per heavy atom. The number of hydrogen-bond donors (Lipinski definition) is 1. The van der Waals surface area contributed by atoms with E-state index >= 15 is 0 Å². The minimum Gasteiger partial charge on any atom is -0.497 e. The summed E-state index contributed by atoms with van der Waals surface area (Å²) in [5.74, 6) is 0.224. The van der Waals surface area contributed by atoms with E-state index in [1.54, 1.807) is 25.4 Å². The molecule has 102 valence electrons. The molecule has 1 aromatic carbocycles. The zero-order valence-corrected chi connectivity index (χ0v) is 11.1. The minimum absolute atomic E-state index is 0.338. The first-order chi connectivity index (χ1) is 9.26. The molecule has 6 heteroatoms. The monoisotopic (exact) mass is 264 g/mol. The Bertz CT molecular complexity index is 541. The zero-order chi connectivity index (χ0) is 13.7. The maximum Gasteiger partial charge on any atom is 0.149 e. The van der Waals surface area contributed by atoms with Crippen molar-refractivity contribution in [2.45, 2.75) is 19.9 Å². The highest BCUT2D eigenvalue weighted by Crippen LogP contribution is 2.20. The van der Waals surface area contributed by atoms with Crippen molar-refractivity contribution in [1.82, 2.24) is 20.3 Å². The largest absolute Gasteiger partial charge is 0.497 e. The van der Waals surface area contributed by atoms with Crippen molar-refractivity contribution in [3.05, 3.63) is 35.9 Å². The summed E-state index contributed by atoms with van der Waals surface area (Å²) < 4.78 is 20.5. The van der Waals surface area contributed by atoms with Gasteiger partial charge >= 0.3 is 0 Å². The second kappa shape index (κ2) is 6.29. The number of rotatable bonds is 6. The fourth-order valence-electron chi connectivity index (χ4n) is 1.75. The van der Waals surface area contributed by atoms with E-state index in [0.29, 0.717) is 18.0 Å². The lowest BCUT2D eigenvalue weighted by Crippen LogP contribution is -2.17. The van der Waals surface area contributed by atoms with Gasteiger partial charge in [-0.2, -0.15) is 0 Å². The highest BCUT2D eigenvalue weighted by atomic mass is 19.1. The number of ether oxygens (including phenoxy) is 1. The normalized spacial score (nSPS) is 10.7. The summed E-state index contributed by atoms with van der Waals surface area (Å²) >= 11 is 0. The molecule has 0 spiro atoms. The van der Waals surface area contributed by atoms with Crippen LogP contribution in [0.4, 0.5) is 4.39 Å². The molecule has 5 nitrogen and oxygen atoms in total. The summed E-state index contributed by atoms with van der Waals surface area (Å²) in [7, 11) is 1.54. The van der Waals surface area contributed by atoms with Crippen molar-refractivity contribution in [2.75, 3.05) is 13.7 Å². The number of aromatic nitrogens is 3. The van der Waals surface area contributed by atoms with Crippen molar-refractivity contribution < 1.29 is 9.13 Å². The molecule has 0 fully saturated rings. The van der Waals surface area contributed by atoms with Crippen LogP contribution in [0, 0.1) is 5.82 Å². The summed E-state index contributed by atoms with van der Waals surface area (Å²) in [6, 6.07) is 4.54. The highest BCUT2D eigenvalue weighted by molar-refractivity contribution is 5.40. The lowest BCUT2D eigenvalue weighted by molar-refractivity contribution is 0.413. The van der Waals surface area contributed by atoms with Crippen LogP contribution in [-0.2, 0) is 6.54 Å². The molecule has 0 bridgehead atoms. The predicted octanol–water partition coefficient (Wildman–Crippen LogP) is 1.91. The van der Waals surface area contributed by atoms with Crippen molar-refractivity contribution in [2.24, 2.45) is 0 Å². The molecule has 0 aliphatic heterocycles. The van der Waals surface area contributed by atoms with E-state index in [4.69, 9.17) is 4.74 Å². The molecule has 1 heterocycles. The maximum atomic E-state index is 13.9. The summed E-state index contributed by atoms with van der Waals surface area (Å²) in [6.45, 7) is 3.58. The molecule has 1 N–H and O–H groups in total. The van der Waals surface area contributed by atoms with Gasteiger partial charge in [-0.3, -0.25) is 0 Å². The SMILES string of the molecule is CCCNCc1cnnn1-c1cc(OC)ccc1F. The number of halogens is 1. The van der Waals surface area contributed by atoms with Gasteiger partial charge in [0.25, 0.3) is 0 Å². The average molecular weight is 264 g/mol. The second-order valence-electron chi connectivity index (χ2n) is 4.13. The molecule has 0 atom stereocenters. The Morgan fingerprint density at radius 2 is 2.26 bits per heavy atom. The van der Waals surface area contributed by atoms with Crippen LogP contribution in [0.1, 0.15) is 19.0 Å². The topological polar surface area (TPSA) is 52.0 Å². The summed E-state index contributed by atoms with van der Waals surface area (Å²) in [5.41, 5.74) is 1.14. The lowest BCUT2D eigenvalue weighted by atomic mass is 10.2. The molecule has 0 amide bonds. The zero-order valence-electron chi connectivity index (χ0n) is 11.1. The third kappa shape index (κ3) is 3.08. The van der Waals surface area contributed by atoms with Crippen LogP contribution < -0.4 is 10.1 Å². The van der Waals surface area contributed by atoms with Gasteiger partial charge in [0.1, 0.15) is 17.3 Å². The number of hydrogen-bond acceptors (Lipinski definition) is 4. The van der Waals surface area contributed by atoms with Gasteiger partial charge in [0.15, 0.2) is 0 Å². The van der Waals surface area contributed by atoms with Crippen LogP contribution in [0.2, 0.25) is 0 Å². The first kappa shape index (κ1) is 13.5. The Balaban J connectivity index is 2.28. The quantitative estimate of drug-likeness (QED) is 0.810. The first-order valence-corrected chi connectivity index (χ1v) is 6.20. The summed E-state index contributed by atoms with van der Waals surface area (Å²) in [5, 5.41) is 11.0. The van der Waals surface area contributed by atoms with Gasteiger partial charge in [-0.25, -0.2) is 9.07 Å². The number of nitrogens with one attached hydrogen (secondary N) is 1. The van der Waals surface area contributed by atoms with Gasteiger partial charge in [0.05, 0.1) is 19.0 Å². The Labute approximate surface area is 111 Å². The molecule has 0 radical (unpaired) electrons. The lowest BCUT2D eigenvalue weighted by Gasteiger charge is -2.09. The molecule has 0 saturated heterocycles. The van der Waals surface area contributed by atoms with Crippen LogP contribution in [0.25, 0.3) is 5.69 Å². The van der Waals surface area contributed by atoms with Crippen LogP contribution in [0.3, 0.4) is 0 Å². The summed E-state index contributed by atoms with van der Waals surface area (Å²) in [4.78, 5) is 0. The molecular weight excluding hydrogens is 247 g/mol. The van der Waals surface area contributed by atoms with E-state index in [1.807, 2.05) is 0 Å². The Morgan fingerprint density at radius 1 is 1.42 bits per heavy atom. The molecule has 0 saturated carbocycles. The minimum atomic E-state index is -0.358. The fourth-order valence-corrected chi connectivity index (χ4v) is 1.75. The van der Waals surface area contributed by atoms with E-state index < -0.39 is 0 Å². The van der Waals surface area contributed by atoms with Gasteiger partial charge in [-0.1, -0.05) is 12.1 Å². The van der Waals surface area contributed by atoms with E-state index in [2.05, 4.69) is 22.6 Å². The van der Waals surface area contributed by atoms with Crippen molar-refractivity contribution >= 4 is 0 Å². The van der Waals surface area contributed by atoms with Gasteiger partial charge < -0.3 is 10.1 Å². The van der Waals surface area contributed by atoms with Crippen molar-refractivity contribution in [3.63, 3.8) is 0 Å². The molecular formula is C13H17FN4O. The standard InChI is InChI=1S/C13H17FN4O/c1-3-6-15-8-10-9-16-17-18(10)13-7-11(19-2)4-5-12(13)14/h4-5,7,9,15H,3,6,8H2,1-2H3. The van der Waals surface area contributed by atoms with Gasteiger partial charge in [-0.05, 0) is 25.1 Å². The molecule has 0 unspecified atom stereocenters. The first-order valence-electron chi connectivity index (χ1n) is 6.20. The van der Waals surface area contributed by atoms with Crippen LogP contribution in [-0.4, -0.2) is 28.6 Å². The third-order valence-electron chi connectivity index (χ3n) is 2.73. The molecule has 2 rings (SSSR count). The number of nitrogens with zero attached hydrogens (tertiary/aromatic N) is 3. The molecule has 2 aromatic rings. The van der Waals surface area contributed by atoms with Crippen LogP contribution >= 0.6 is 0 Å². The molecule has 0 aliphatic carbocycles. The molecule has 19 heavy (non-hydrogen) atoms. The van der Waals surface area contributed by atoms with Crippen molar-refractivity contribution in [3.8, 4) is 11.4 Å². The van der Waals surface area contributed by atoms with Gasteiger partial charge in [0.2, 0.25) is 0 Å². The summed E-state index contributed by atoms with van der Waals surface area (Å²) in [6.07, 6.45) is 2.66. The maximum absolute atomic E-state index is 13.9. The van der Waals surface area contributed by atoms with Crippen molar-refractivity contribution in [1.29, 1.82) is 0 Å². The van der Waals surface area contributed by atoms with E-state index in [0.717, 1.165) is 18.7 Å². The van der Waals surface area contributed by atoms with Crippen LogP contribution in [0.5, 0.6) is 5.75 Å². The van der Waals surface area contributed by atoms with E-state index in [9.17, 15) is 4.39 Å². The smallest absolute Gasteiger partial charge is 0.149 e. The number of benzene rings is 1. The van der Waals surface area contributed by atoms with Crippen LogP contribution in [0.15, 0.2) is 24.4 Å². The Hall–Kier alpha value is -1.95.